The van der Waals surface area contributed by atoms with Crippen LogP contribution in [0.2, 0.25) is 5.02 Å². The summed E-state index contributed by atoms with van der Waals surface area (Å²) in [7, 11) is 0. The molecule has 1 heterocycles. The fourth-order valence-electron chi connectivity index (χ4n) is 0.884. The van der Waals surface area contributed by atoms with Crippen LogP contribution in [0.3, 0.4) is 0 Å². The monoisotopic (exact) mass is 225 g/mol. The zero-order valence-electron chi connectivity index (χ0n) is 7.70. The molecule has 0 radical (unpaired) electrons. The zero-order valence-corrected chi connectivity index (χ0v) is 8.45. The molecule has 0 saturated carbocycles. The minimum Gasteiger partial charge on any atom is -0.476 e. The van der Waals surface area contributed by atoms with E-state index in [1.54, 1.807) is 0 Å². The Morgan fingerprint density at radius 1 is 1.60 bits per heavy atom. The van der Waals surface area contributed by atoms with E-state index in [0.717, 1.165) is 0 Å². The van der Waals surface area contributed by atoms with Gasteiger partial charge >= 0.3 is 5.97 Å². The SMILES string of the molecule is O=C(O)c1ncc(C#CCCO)cc1Cl. The first-order valence-corrected chi connectivity index (χ1v) is 4.51. The summed E-state index contributed by atoms with van der Waals surface area (Å²) in [5.74, 6) is 4.21. The van der Waals surface area contributed by atoms with Gasteiger partial charge in [0.1, 0.15) is 0 Å². The zero-order chi connectivity index (χ0) is 11.3. The predicted octanol–water partition coefficient (Wildman–Crippen LogP) is 1.17. The second-order valence-corrected chi connectivity index (χ2v) is 3.04. The Labute approximate surface area is 91.5 Å². The van der Waals surface area contributed by atoms with Crippen LogP contribution in [0, 0.1) is 11.8 Å². The number of carboxylic acids is 1. The van der Waals surface area contributed by atoms with Crippen molar-refractivity contribution in [1.29, 1.82) is 0 Å². The van der Waals surface area contributed by atoms with Crippen LogP contribution in [0.15, 0.2) is 12.3 Å². The molecule has 4 nitrogen and oxygen atoms in total. The Hall–Kier alpha value is -1.57. The predicted molar refractivity (Wildman–Crippen MR) is 54.8 cm³/mol. The lowest BCUT2D eigenvalue weighted by molar-refractivity contribution is 0.0690. The van der Waals surface area contributed by atoms with Crippen LogP contribution in [-0.2, 0) is 0 Å². The van der Waals surface area contributed by atoms with E-state index in [2.05, 4.69) is 16.8 Å². The van der Waals surface area contributed by atoms with Crippen LogP contribution in [0.25, 0.3) is 0 Å². The lowest BCUT2D eigenvalue weighted by Gasteiger charge is -1.97. The first kappa shape index (κ1) is 11.5. The fraction of sp³-hybridized carbons (Fsp3) is 0.200. The Morgan fingerprint density at radius 3 is 2.87 bits per heavy atom. The van der Waals surface area contributed by atoms with Gasteiger partial charge in [0.15, 0.2) is 5.69 Å². The fourth-order valence-corrected chi connectivity index (χ4v) is 1.13. The molecule has 0 bridgehead atoms. The molecule has 1 rings (SSSR count). The highest BCUT2D eigenvalue weighted by atomic mass is 35.5. The molecule has 78 valence electrons. The van der Waals surface area contributed by atoms with Crippen LogP contribution >= 0.6 is 11.6 Å². The van der Waals surface area contributed by atoms with Gasteiger partial charge < -0.3 is 10.2 Å². The first-order chi connectivity index (χ1) is 7.15. The van der Waals surface area contributed by atoms with Crippen molar-refractivity contribution in [3.8, 4) is 11.8 Å². The molecule has 0 fully saturated rings. The number of hydrogen-bond donors (Lipinski definition) is 2. The summed E-state index contributed by atoms with van der Waals surface area (Å²) in [5.41, 5.74) is 0.336. The minimum atomic E-state index is -1.17. The van der Waals surface area contributed by atoms with Crippen LogP contribution in [0.4, 0.5) is 0 Å². The van der Waals surface area contributed by atoms with E-state index in [-0.39, 0.29) is 17.3 Å². The van der Waals surface area contributed by atoms with Crippen molar-refractivity contribution >= 4 is 17.6 Å². The summed E-state index contributed by atoms with van der Waals surface area (Å²) in [5, 5.41) is 17.2. The Balaban J connectivity index is 2.93. The van der Waals surface area contributed by atoms with Crippen molar-refractivity contribution in [2.24, 2.45) is 0 Å². The maximum absolute atomic E-state index is 10.6. The Morgan fingerprint density at radius 2 is 2.33 bits per heavy atom. The van der Waals surface area contributed by atoms with Crippen LogP contribution < -0.4 is 0 Å². The van der Waals surface area contributed by atoms with Gasteiger partial charge in [0.05, 0.1) is 11.6 Å². The Bertz CT molecular complexity index is 434. The maximum atomic E-state index is 10.6. The van der Waals surface area contributed by atoms with E-state index >= 15 is 0 Å². The van der Waals surface area contributed by atoms with E-state index < -0.39 is 5.97 Å². The lowest BCUT2D eigenvalue weighted by atomic mass is 10.2. The van der Waals surface area contributed by atoms with Crippen molar-refractivity contribution in [3.05, 3.63) is 28.5 Å². The van der Waals surface area contributed by atoms with Crippen LogP contribution in [0.1, 0.15) is 22.5 Å². The molecule has 0 aliphatic heterocycles. The van der Waals surface area contributed by atoms with Crippen molar-refractivity contribution in [2.75, 3.05) is 6.61 Å². The number of aliphatic hydroxyl groups excluding tert-OH is 1. The standard InChI is InChI=1S/C10H8ClNO3/c11-8-5-7(3-1-2-4-13)6-12-9(8)10(14)15/h5-6,13H,2,4H2,(H,14,15). The number of rotatable bonds is 2. The molecule has 0 aromatic carbocycles. The van der Waals surface area contributed by atoms with E-state index in [0.29, 0.717) is 12.0 Å². The lowest BCUT2D eigenvalue weighted by Crippen LogP contribution is -2.01. The number of hydrogen-bond acceptors (Lipinski definition) is 3. The first-order valence-electron chi connectivity index (χ1n) is 4.13. The summed E-state index contributed by atoms with van der Waals surface area (Å²) in [4.78, 5) is 14.2. The molecule has 0 unspecified atom stereocenters. The molecule has 0 amide bonds. The number of carboxylic acid groups (broad SMARTS) is 1. The number of aromatic nitrogens is 1. The minimum absolute atomic E-state index is 0.0125. The highest BCUT2D eigenvalue weighted by Gasteiger charge is 2.09. The van der Waals surface area contributed by atoms with Gasteiger partial charge in [0, 0.05) is 18.2 Å². The van der Waals surface area contributed by atoms with Gasteiger partial charge in [-0.3, -0.25) is 0 Å². The second-order valence-electron chi connectivity index (χ2n) is 2.63. The molecule has 0 atom stereocenters. The number of pyridine rings is 1. The van der Waals surface area contributed by atoms with Crippen molar-refractivity contribution in [1.82, 2.24) is 4.98 Å². The van der Waals surface area contributed by atoms with Gasteiger partial charge in [0.2, 0.25) is 0 Å². The highest BCUT2D eigenvalue weighted by Crippen LogP contribution is 2.14. The number of carbonyl (C=O) groups is 1. The van der Waals surface area contributed by atoms with Gasteiger partial charge in [-0.15, -0.1) is 0 Å². The van der Waals surface area contributed by atoms with Crippen molar-refractivity contribution in [2.45, 2.75) is 6.42 Å². The van der Waals surface area contributed by atoms with Gasteiger partial charge in [-0.05, 0) is 6.07 Å². The summed E-state index contributed by atoms with van der Waals surface area (Å²) in [6, 6.07) is 1.43. The largest absolute Gasteiger partial charge is 0.476 e. The normalized spacial score (nSPS) is 9.20. The third kappa shape index (κ3) is 3.24. The number of aliphatic hydroxyl groups is 1. The van der Waals surface area contributed by atoms with Crippen molar-refractivity contribution in [3.63, 3.8) is 0 Å². The van der Waals surface area contributed by atoms with E-state index in [1.807, 2.05) is 0 Å². The number of aromatic carboxylic acids is 1. The molecule has 0 spiro atoms. The molecule has 0 aliphatic carbocycles. The summed E-state index contributed by atoms with van der Waals surface area (Å²) in [6.45, 7) is -0.0125. The van der Waals surface area contributed by atoms with Crippen LogP contribution in [-0.4, -0.2) is 27.8 Å². The molecular weight excluding hydrogens is 218 g/mol. The summed E-state index contributed by atoms with van der Waals surface area (Å²) >= 11 is 5.68. The molecule has 2 N–H and O–H groups in total. The van der Waals surface area contributed by atoms with Crippen LogP contribution in [0.5, 0.6) is 0 Å². The average Bonchev–Trinajstić information content (AvgIpc) is 2.17. The Kier molecular flexibility index (Phi) is 4.10. The molecule has 15 heavy (non-hydrogen) atoms. The second kappa shape index (κ2) is 5.35. The molecular formula is C10H8ClNO3. The summed E-state index contributed by atoms with van der Waals surface area (Å²) in [6.07, 6.45) is 1.69. The van der Waals surface area contributed by atoms with E-state index in [9.17, 15) is 4.79 Å². The highest BCUT2D eigenvalue weighted by molar-refractivity contribution is 6.33. The van der Waals surface area contributed by atoms with Gasteiger partial charge in [-0.25, -0.2) is 9.78 Å². The van der Waals surface area contributed by atoms with Crippen molar-refractivity contribution < 1.29 is 15.0 Å². The quantitative estimate of drug-likeness (QED) is 0.742. The van der Waals surface area contributed by atoms with Gasteiger partial charge in [0.25, 0.3) is 0 Å². The van der Waals surface area contributed by atoms with Gasteiger partial charge in [-0.1, -0.05) is 23.4 Å². The van der Waals surface area contributed by atoms with E-state index in [1.165, 1.54) is 12.3 Å². The van der Waals surface area contributed by atoms with E-state index in [4.69, 9.17) is 21.8 Å². The van der Waals surface area contributed by atoms with Gasteiger partial charge in [-0.2, -0.15) is 0 Å². The topological polar surface area (TPSA) is 70.4 Å². The summed E-state index contributed by atoms with van der Waals surface area (Å²) < 4.78 is 0. The molecule has 0 saturated heterocycles. The molecule has 0 aliphatic rings. The number of nitrogens with zero attached hydrogens (tertiary/aromatic N) is 1. The average molecular weight is 226 g/mol. The maximum Gasteiger partial charge on any atom is 0.356 e. The molecule has 5 heteroatoms. The molecule has 1 aromatic rings. The third-order valence-electron chi connectivity index (χ3n) is 1.51. The number of halogens is 1. The molecule has 1 aromatic heterocycles. The third-order valence-corrected chi connectivity index (χ3v) is 1.80. The smallest absolute Gasteiger partial charge is 0.356 e.